The Morgan fingerprint density at radius 1 is 0.500 bits per heavy atom. The predicted octanol–water partition coefficient (Wildman–Crippen LogP) is 5.82. The summed E-state index contributed by atoms with van der Waals surface area (Å²) in [6, 6.07) is 32.5. The third-order valence-corrected chi connectivity index (χ3v) is 5.55. The standard InChI is InChI=1S/2C15H14O2/c2*1-11-7-5-6-10-13(11)15(17)14(16)12-8-3-2-4-9-12/h2*2-10,14,16H,1H3. The van der Waals surface area contributed by atoms with Gasteiger partial charge in [-0.05, 0) is 36.1 Å². The second kappa shape index (κ2) is 11.8. The van der Waals surface area contributed by atoms with Crippen molar-refractivity contribution in [1.29, 1.82) is 0 Å². The third kappa shape index (κ3) is 6.13. The first-order valence-electron chi connectivity index (χ1n) is 11.1. The van der Waals surface area contributed by atoms with Crippen molar-refractivity contribution in [3.8, 4) is 0 Å². The molecule has 0 aliphatic heterocycles. The second-order valence-corrected chi connectivity index (χ2v) is 7.98. The topological polar surface area (TPSA) is 74.6 Å². The fraction of sp³-hybridized carbons (Fsp3) is 0.133. The molecule has 34 heavy (non-hydrogen) atoms. The highest BCUT2D eigenvalue weighted by atomic mass is 16.3. The van der Waals surface area contributed by atoms with Crippen molar-refractivity contribution in [2.45, 2.75) is 26.1 Å². The van der Waals surface area contributed by atoms with E-state index < -0.39 is 12.2 Å². The Bertz CT molecular complexity index is 1130. The van der Waals surface area contributed by atoms with Gasteiger partial charge in [0.2, 0.25) is 0 Å². The lowest BCUT2D eigenvalue weighted by atomic mass is 9.97. The first-order chi connectivity index (χ1) is 16.4. The number of benzene rings is 4. The average Bonchev–Trinajstić information content (AvgIpc) is 2.89. The molecule has 2 N–H and O–H groups in total. The van der Waals surface area contributed by atoms with Crippen LogP contribution in [-0.2, 0) is 0 Å². The molecule has 4 nitrogen and oxygen atoms in total. The zero-order chi connectivity index (χ0) is 24.5. The van der Waals surface area contributed by atoms with Gasteiger partial charge in [0.05, 0.1) is 0 Å². The first kappa shape index (κ1) is 24.8. The maximum Gasteiger partial charge on any atom is 0.196 e. The van der Waals surface area contributed by atoms with Crippen LogP contribution in [0.2, 0.25) is 0 Å². The SMILES string of the molecule is Cc1ccccc1C(=O)C(O)c1ccccc1.Cc1ccccc1C(=O)C(O)c1ccccc1. The van der Waals surface area contributed by atoms with Crippen LogP contribution in [0.4, 0.5) is 0 Å². The molecule has 0 aliphatic rings. The number of carbonyl (C=O) groups excluding carboxylic acids is 2. The van der Waals surface area contributed by atoms with E-state index in [1.54, 1.807) is 48.5 Å². The van der Waals surface area contributed by atoms with Gasteiger partial charge in [0.1, 0.15) is 12.2 Å². The molecule has 172 valence electrons. The van der Waals surface area contributed by atoms with Crippen LogP contribution in [0.5, 0.6) is 0 Å². The largest absolute Gasteiger partial charge is 0.380 e. The molecule has 0 radical (unpaired) electrons. The minimum Gasteiger partial charge on any atom is -0.380 e. The lowest BCUT2D eigenvalue weighted by molar-refractivity contribution is 0.0742. The normalized spacial score (nSPS) is 12.1. The maximum atomic E-state index is 12.1. The molecule has 4 rings (SSSR count). The van der Waals surface area contributed by atoms with E-state index in [1.165, 1.54) is 0 Å². The van der Waals surface area contributed by atoms with Gasteiger partial charge in [-0.25, -0.2) is 0 Å². The number of aryl methyl sites for hydroxylation is 2. The van der Waals surface area contributed by atoms with Gasteiger partial charge in [-0.3, -0.25) is 9.59 Å². The van der Waals surface area contributed by atoms with Gasteiger partial charge in [0, 0.05) is 11.1 Å². The minimum atomic E-state index is -1.09. The lowest BCUT2D eigenvalue weighted by Gasteiger charge is -2.11. The molecule has 0 saturated carbocycles. The van der Waals surface area contributed by atoms with Crippen LogP contribution in [0.1, 0.15) is 55.2 Å². The number of rotatable bonds is 6. The fourth-order valence-corrected chi connectivity index (χ4v) is 3.57. The molecule has 4 heteroatoms. The molecule has 0 amide bonds. The Morgan fingerprint density at radius 3 is 1.12 bits per heavy atom. The van der Waals surface area contributed by atoms with E-state index in [0.717, 1.165) is 11.1 Å². The summed E-state index contributed by atoms with van der Waals surface area (Å²) in [5.74, 6) is -0.511. The molecule has 4 aromatic carbocycles. The Hall–Kier alpha value is -3.86. The van der Waals surface area contributed by atoms with Crippen molar-refractivity contribution in [2.75, 3.05) is 0 Å². The number of hydrogen-bond acceptors (Lipinski definition) is 4. The van der Waals surface area contributed by atoms with Crippen molar-refractivity contribution in [3.05, 3.63) is 143 Å². The predicted molar refractivity (Wildman–Crippen MR) is 134 cm³/mol. The van der Waals surface area contributed by atoms with E-state index >= 15 is 0 Å². The number of carbonyl (C=O) groups is 2. The summed E-state index contributed by atoms with van der Waals surface area (Å²) >= 11 is 0. The van der Waals surface area contributed by atoms with Crippen molar-refractivity contribution < 1.29 is 19.8 Å². The quantitative estimate of drug-likeness (QED) is 0.361. The molecule has 2 unspecified atom stereocenters. The summed E-state index contributed by atoms with van der Waals surface area (Å²) in [6.07, 6.45) is -2.17. The monoisotopic (exact) mass is 452 g/mol. The number of ketones is 2. The van der Waals surface area contributed by atoms with Crippen LogP contribution in [-0.4, -0.2) is 21.8 Å². The van der Waals surface area contributed by atoms with Crippen LogP contribution in [0.15, 0.2) is 109 Å². The molecule has 0 heterocycles. The number of Topliss-reactive ketones (excluding diaryl/α,β-unsaturated/α-hetero) is 2. The molecule has 0 saturated heterocycles. The molecule has 4 aromatic rings. The second-order valence-electron chi connectivity index (χ2n) is 7.98. The zero-order valence-corrected chi connectivity index (χ0v) is 19.3. The van der Waals surface area contributed by atoms with Gasteiger partial charge < -0.3 is 10.2 Å². The average molecular weight is 453 g/mol. The van der Waals surface area contributed by atoms with Crippen LogP contribution in [0.25, 0.3) is 0 Å². The highest BCUT2D eigenvalue weighted by Crippen LogP contribution is 2.21. The van der Waals surface area contributed by atoms with Crippen molar-refractivity contribution in [1.82, 2.24) is 0 Å². The van der Waals surface area contributed by atoms with Gasteiger partial charge >= 0.3 is 0 Å². The van der Waals surface area contributed by atoms with Gasteiger partial charge in [0.25, 0.3) is 0 Å². The van der Waals surface area contributed by atoms with Gasteiger partial charge in [-0.15, -0.1) is 0 Å². The molecule has 2 atom stereocenters. The molecular formula is C30H28O4. The molecule has 0 aliphatic carbocycles. The van der Waals surface area contributed by atoms with Crippen molar-refractivity contribution in [3.63, 3.8) is 0 Å². The van der Waals surface area contributed by atoms with E-state index in [9.17, 15) is 19.8 Å². The van der Waals surface area contributed by atoms with Gasteiger partial charge in [0.15, 0.2) is 11.6 Å². The van der Waals surface area contributed by atoms with Crippen LogP contribution in [0, 0.1) is 13.8 Å². The minimum absolute atomic E-state index is 0.255. The number of aliphatic hydroxyl groups is 2. The van der Waals surface area contributed by atoms with E-state index in [4.69, 9.17) is 0 Å². The maximum absolute atomic E-state index is 12.1. The molecule has 0 aromatic heterocycles. The van der Waals surface area contributed by atoms with Crippen molar-refractivity contribution >= 4 is 11.6 Å². The summed E-state index contributed by atoms with van der Waals surface area (Å²) in [4.78, 5) is 24.2. The Morgan fingerprint density at radius 2 is 0.794 bits per heavy atom. The Kier molecular flexibility index (Phi) is 8.63. The van der Waals surface area contributed by atoms with Crippen LogP contribution < -0.4 is 0 Å². The van der Waals surface area contributed by atoms with E-state index in [2.05, 4.69) is 0 Å². The molecular weight excluding hydrogens is 424 g/mol. The molecule has 0 bridgehead atoms. The van der Waals surface area contributed by atoms with E-state index in [-0.39, 0.29) is 11.6 Å². The third-order valence-electron chi connectivity index (χ3n) is 5.55. The number of hydrogen-bond donors (Lipinski definition) is 2. The fourth-order valence-electron chi connectivity index (χ4n) is 3.57. The zero-order valence-electron chi connectivity index (χ0n) is 19.3. The summed E-state index contributed by atoms with van der Waals surface area (Å²) in [5.41, 5.74) is 4.16. The van der Waals surface area contributed by atoms with E-state index in [0.29, 0.717) is 22.3 Å². The van der Waals surface area contributed by atoms with E-state index in [1.807, 2.05) is 74.5 Å². The van der Waals surface area contributed by atoms with Gasteiger partial charge in [-0.2, -0.15) is 0 Å². The molecule has 0 fully saturated rings. The Labute approximate surface area is 200 Å². The van der Waals surface area contributed by atoms with Crippen molar-refractivity contribution in [2.24, 2.45) is 0 Å². The number of aliphatic hydroxyl groups excluding tert-OH is 2. The summed E-state index contributed by atoms with van der Waals surface area (Å²) in [6.45, 7) is 3.73. The smallest absolute Gasteiger partial charge is 0.196 e. The highest BCUT2D eigenvalue weighted by Gasteiger charge is 2.20. The highest BCUT2D eigenvalue weighted by molar-refractivity contribution is 6.01. The van der Waals surface area contributed by atoms with Crippen LogP contribution in [0.3, 0.4) is 0 Å². The van der Waals surface area contributed by atoms with Gasteiger partial charge in [-0.1, -0.05) is 109 Å². The lowest BCUT2D eigenvalue weighted by Crippen LogP contribution is -2.13. The summed E-state index contributed by atoms with van der Waals surface area (Å²) < 4.78 is 0. The summed E-state index contributed by atoms with van der Waals surface area (Å²) in [7, 11) is 0. The molecule has 0 spiro atoms. The summed E-state index contributed by atoms with van der Waals surface area (Å²) in [5, 5.41) is 20.0. The first-order valence-corrected chi connectivity index (χ1v) is 11.1. The van der Waals surface area contributed by atoms with Crippen LogP contribution >= 0.6 is 0 Å². The Balaban J connectivity index is 0.000000191.